The number of piperazine rings is 1. The summed E-state index contributed by atoms with van der Waals surface area (Å²) in [5.41, 5.74) is 1.19. The second-order valence-electron chi connectivity index (χ2n) is 5.72. The van der Waals surface area contributed by atoms with Crippen LogP contribution in [0.1, 0.15) is 33.2 Å². The standard InChI is InChI=1S/C15H23N3OS2/c1-20-11-10-17-6-8-18(9-7-17)15(19)14-16-12-4-2-3-5-13(12)21-14/h2-11H2,1H3. The molecule has 0 saturated carbocycles. The summed E-state index contributed by atoms with van der Waals surface area (Å²) < 4.78 is 0. The van der Waals surface area contributed by atoms with Gasteiger partial charge in [-0.25, -0.2) is 4.98 Å². The van der Waals surface area contributed by atoms with Crippen molar-refractivity contribution in [3.05, 3.63) is 15.6 Å². The van der Waals surface area contributed by atoms with Gasteiger partial charge in [-0.2, -0.15) is 11.8 Å². The fourth-order valence-corrected chi connectivity index (χ4v) is 4.53. The van der Waals surface area contributed by atoms with E-state index in [4.69, 9.17) is 0 Å². The Kier molecular flexibility index (Phi) is 5.19. The van der Waals surface area contributed by atoms with E-state index in [-0.39, 0.29) is 5.91 Å². The second kappa shape index (κ2) is 7.11. The number of nitrogens with zero attached hydrogens (tertiary/aromatic N) is 3. The first kappa shape index (κ1) is 15.3. The molecule has 116 valence electrons. The third-order valence-electron chi connectivity index (χ3n) is 4.30. The molecule has 0 unspecified atom stereocenters. The lowest BCUT2D eigenvalue weighted by atomic mass is 10.0. The summed E-state index contributed by atoms with van der Waals surface area (Å²) in [7, 11) is 0. The van der Waals surface area contributed by atoms with E-state index in [0.29, 0.717) is 0 Å². The van der Waals surface area contributed by atoms with E-state index in [1.807, 2.05) is 16.7 Å². The number of hydrogen-bond donors (Lipinski definition) is 0. The van der Waals surface area contributed by atoms with Crippen molar-refractivity contribution >= 4 is 29.0 Å². The van der Waals surface area contributed by atoms with E-state index in [1.165, 1.54) is 29.2 Å². The SMILES string of the molecule is CSCCN1CCN(C(=O)c2nc3c(s2)CCCC3)CC1. The molecule has 1 aromatic heterocycles. The molecule has 1 saturated heterocycles. The van der Waals surface area contributed by atoms with Crippen LogP contribution in [0.15, 0.2) is 0 Å². The highest BCUT2D eigenvalue weighted by atomic mass is 32.2. The van der Waals surface area contributed by atoms with Gasteiger partial charge < -0.3 is 4.90 Å². The van der Waals surface area contributed by atoms with Gasteiger partial charge >= 0.3 is 0 Å². The average Bonchev–Trinajstić information content (AvgIpc) is 2.96. The lowest BCUT2D eigenvalue weighted by Gasteiger charge is -2.34. The van der Waals surface area contributed by atoms with Crippen molar-refractivity contribution < 1.29 is 4.79 Å². The molecule has 0 bridgehead atoms. The summed E-state index contributed by atoms with van der Waals surface area (Å²) in [6, 6.07) is 0. The minimum atomic E-state index is 0.152. The van der Waals surface area contributed by atoms with Gasteiger partial charge in [0.05, 0.1) is 5.69 Å². The number of amides is 1. The molecule has 3 rings (SSSR count). The van der Waals surface area contributed by atoms with Crippen molar-refractivity contribution in [1.29, 1.82) is 0 Å². The third kappa shape index (κ3) is 3.60. The number of thiazole rings is 1. The van der Waals surface area contributed by atoms with Gasteiger partial charge in [0.1, 0.15) is 0 Å². The first-order valence-corrected chi connectivity index (χ1v) is 9.98. The summed E-state index contributed by atoms with van der Waals surface area (Å²) in [5, 5.41) is 0.722. The van der Waals surface area contributed by atoms with Gasteiger partial charge in [0.25, 0.3) is 5.91 Å². The molecule has 0 spiro atoms. The number of thioether (sulfide) groups is 1. The Labute approximate surface area is 134 Å². The molecule has 4 nitrogen and oxygen atoms in total. The summed E-state index contributed by atoms with van der Waals surface area (Å²) in [6.45, 7) is 4.82. The number of hydrogen-bond acceptors (Lipinski definition) is 5. The van der Waals surface area contributed by atoms with E-state index in [1.54, 1.807) is 11.3 Å². The third-order valence-corrected chi connectivity index (χ3v) is 6.04. The molecular weight excluding hydrogens is 302 g/mol. The zero-order chi connectivity index (χ0) is 14.7. The first-order valence-electron chi connectivity index (χ1n) is 7.77. The molecule has 2 heterocycles. The molecule has 1 aliphatic carbocycles. The van der Waals surface area contributed by atoms with Crippen molar-refractivity contribution in [3.8, 4) is 0 Å². The van der Waals surface area contributed by atoms with Crippen LogP contribution in [-0.2, 0) is 12.8 Å². The predicted molar refractivity (Wildman–Crippen MR) is 89.5 cm³/mol. The Morgan fingerprint density at radius 1 is 1.24 bits per heavy atom. The summed E-state index contributed by atoms with van der Waals surface area (Å²) in [4.78, 5) is 23.0. The van der Waals surface area contributed by atoms with Crippen LogP contribution in [-0.4, -0.2) is 65.4 Å². The monoisotopic (exact) mass is 325 g/mol. The minimum absolute atomic E-state index is 0.152. The summed E-state index contributed by atoms with van der Waals surface area (Å²) in [6.07, 6.45) is 6.78. The number of carbonyl (C=O) groups excluding carboxylic acids is 1. The van der Waals surface area contributed by atoms with E-state index in [0.717, 1.165) is 50.6 Å². The molecule has 0 atom stereocenters. The zero-order valence-corrected chi connectivity index (χ0v) is 14.3. The largest absolute Gasteiger partial charge is 0.334 e. The normalized spacial score (nSPS) is 19.6. The fourth-order valence-electron chi connectivity index (χ4n) is 2.97. The van der Waals surface area contributed by atoms with Gasteiger partial charge in [-0.1, -0.05) is 0 Å². The van der Waals surface area contributed by atoms with E-state index >= 15 is 0 Å². The second-order valence-corrected chi connectivity index (χ2v) is 7.79. The van der Waals surface area contributed by atoms with Crippen LogP contribution in [0, 0.1) is 0 Å². The van der Waals surface area contributed by atoms with Crippen LogP contribution in [0.4, 0.5) is 0 Å². The maximum atomic E-state index is 12.6. The van der Waals surface area contributed by atoms with E-state index in [9.17, 15) is 4.79 Å². The van der Waals surface area contributed by atoms with Crippen molar-refractivity contribution in [2.24, 2.45) is 0 Å². The number of aryl methyl sites for hydroxylation is 2. The molecule has 0 aromatic carbocycles. The number of carbonyl (C=O) groups is 1. The Morgan fingerprint density at radius 2 is 2.00 bits per heavy atom. The van der Waals surface area contributed by atoms with Gasteiger partial charge in [-0.05, 0) is 31.9 Å². The first-order chi connectivity index (χ1) is 10.3. The van der Waals surface area contributed by atoms with Crippen LogP contribution in [0.3, 0.4) is 0 Å². The number of rotatable bonds is 4. The van der Waals surface area contributed by atoms with Gasteiger partial charge in [-0.3, -0.25) is 9.69 Å². The van der Waals surface area contributed by atoms with Crippen molar-refractivity contribution in [3.63, 3.8) is 0 Å². The van der Waals surface area contributed by atoms with Crippen molar-refractivity contribution in [2.75, 3.05) is 44.7 Å². The molecule has 0 radical (unpaired) electrons. The lowest BCUT2D eigenvalue weighted by Crippen LogP contribution is -2.49. The van der Waals surface area contributed by atoms with Gasteiger partial charge in [0.2, 0.25) is 0 Å². The molecule has 1 aliphatic heterocycles. The van der Waals surface area contributed by atoms with Crippen LogP contribution in [0.25, 0.3) is 0 Å². The highest BCUT2D eigenvalue weighted by Gasteiger charge is 2.26. The quantitative estimate of drug-likeness (QED) is 0.850. The van der Waals surface area contributed by atoms with Crippen molar-refractivity contribution in [1.82, 2.24) is 14.8 Å². The Hall–Kier alpha value is -0.590. The lowest BCUT2D eigenvalue weighted by molar-refractivity contribution is 0.0644. The number of fused-ring (bicyclic) bond motifs is 1. The van der Waals surface area contributed by atoms with Crippen LogP contribution >= 0.6 is 23.1 Å². The molecule has 1 amide bonds. The highest BCUT2D eigenvalue weighted by Crippen LogP contribution is 2.27. The summed E-state index contributed by atoms with van der Waals surface area (Å²) in [5.74, 6) is 1.33. The maximum absolute atomic E-state index is 12.6. The Balaban J connectivity index is 1.57. The van der Waals surface area contributed by atoms with Gasteiger partial charge in [-0.15, -0.1) is 11.3 Å². The maximum Gasteiger partial charge on any atom is 0.282 e. The molecule has 21 heavy (non-hydrogen) atoms. The highest BCUT2D eigenvalue weighted by molar-refractivity contribution is 7.98. The molecule has 2 aliphatic rings. The topological polar surface area (TPSA) is 36.4 Å². The van der Waals surface area contributed by atoms with Gasteiger partial charge in [0, 0.05) is 43.4 Å². The van der Waals surface area contributed by atoms with E-state index < -0.39 is 0 Å². The zero-order valence-electron chi connectivity index (χ0n) is 12.6. The smallest absolute Gasteiger partial charge is 0.282 e. The molecule has 0 N–H and O–H groups in total. The van der Waals surface area contributed by atoms with E-state index in [2.05, 4.69) is 16.1 Å². The Bertz CT molecular complexity index is 472. The minimum Gasteiger partial charge on any atom is -0.334 e. The summed E-state index contributed by atoms with van der Waals surface area (Å²) >= 11 is 3.52. The van der Waals surface area contributed by atoms with Crippen molar-refractivity contribution in [2.45, 2.75) is 25.7 Å². The molecular formula is C15H23N3OS2. The molecule has 1 aromatic rings. The predicted octanol–water partition coefficient (Wildman–Crippen LogP) is 2.14. The van der Waals surface area contributed by atoms with Crippen LogP contribution in [0.2, 0.25) is 0 Å². The van der Waals surface area contributed by atoms with Gasteiger partial charge in [0.15, 0.2) is 5.01 Å². The van der Waals surface area contributed by atoms with Crippen LogP contribution < -0.4 is 0 Å². The van der Waals surface area contributed by atoms with Crippen LogP contribution in [0.5, 0.6) is 0 Å². The molecule has 1 fully saturated rings. The number of aromatic nitrogens is 1. The fraction of sp³-hybridized carbons (Fsp3) is 0.733. The molecule has 6 heteroatoms. The Morgan fingerprint density at radius 3 is 2.71 bits per heavy atom. The average molecular weight is 326 g/mol.